The number of carbonyl (C=O) groups excluding carboxylic acids is 1. The van der Waals surface area contributed by atoms with Crippen molar-refractivity contribution >= 4 is 6.09 Å². The van der Waals surface area contributed by atoms with Crippen LogP contribution in [0.1, 0.15) is 30.0 Å². The SMILES string of the molecule is O=C(Oc1ccccc1)N1CCC(c2ncccn2)C1c1ncccn1. The molecule has 1 saturated heterocycles. The predicted octanol–water partition coefficient (Wildman–Crippen LogP) is 3.00. The second kappa shape index (κ2) is 7.26. The molecule has 0 spiro atoms. The van der Waals surface area contributed by atoms with Crippen LogP contribution in [0, 0.1) is 0 Å². The Hall–Kier alpha value is -3.35. The first kappa shape index (κ1) is 16.1. The summed E-state index contributed by atoms with van der Waals surface area (Å²) in [6.07, 6.45) is 7.05. The number of likely N-dealkylation sites (tertiary alicyclic amines) is 1. The molecule has 0 aliphatic carbocycles. The van der Waals surface area contributed by atoms with E-state index in [2.05, 4.69) is 19.9 Å². The van der Waals surface area contributed by atoms with Gasteiger partial charge in [-0.25, -0.2) is 24.7 Å². The molecule has 2 atom stereocenters. The molecule has 1 aromatic carbocycles. The average molecular weight is 347 g/mol. The zero-order chi connectivity index (χ0) is 17.8. The summed E-state index contributed by atoms with van der Waals surface area (Å²) in [7, 11) is 0. The monoisotopic (exact) mass is 347 g/mol. The Morgan fingerprint density at radius 3 is 2.15 bits per heavy atom. The highest BCUT2D eigenvalue weighted by Gasteiger charge is 2.43. The van der Waals surface area contributed by atoms with Crippen molar-refractivity contribution in [2.24, 2.45) is 0 Å². The number of hydrogen-bond donors (Lipinski definition) is 0. The predicted molar refractivity (Wildman–Crippen MR) is 93.3 cm³/mol. The van der Waals surface area contributed by atoms with Gasteiger partial charge in [-0.1, -0.05) is 18.2 Å². The minimum Gasteiger partial charge on any atom is -0.410 e. The van der Waals surface area contributed by atoms with Crippen molar-refractivity contribution in [2.75, 3.05) is 6.54 Å². The third kappa shape index (κ3) is 3.23. The van der Waals surface area contributed by atoms with Crippen LogP contribution in [-0.4, -0.2) is 37.5 Å². The van der Waals surface area contributed by atoms with E-state index in [0.717, 1.165) is 6.42 Å². The van der Waals surface area contributed by atoms with Crippen molar-refractivity contribution in [1.29, 1.82) is 0 Å². The molecule has 3 aromatic rings. The molecule has 1 aliphatic rings. The van der Waals surface area contributed by atoms with Crippen LogP contribution in [0.4, 0.5) is 4.79 Å². The van der Waals surface area contributed by atoms with Gasteiger partial charge in [0.15, 0.2) is 5.82 Å². The van der Waals surface area contributed by atoms with Gasteiger partial charge in [-0.2, -0.15) is 0 Å². The van der Waals surface area contributed by atoms with E-state index in [1.165, 1.54) is 0 Å². The molecule has 2 unspecified atom stereocenters. The molecular weight excluding hydrogens is 330 g/mol. The molecule has 1 fully saturated rings. The van der Waals surface area contributed by atoms with Crippen molar-refractivity contribution in [1.82, 2.24) is 24.8 Å². The van der Waals surface area contributed by atoms with Crippen LogP contribution < -0.4 is 4.74 Å². The highest BCUT2D eigenvalue weighted by atomic mass is 16.6. The number of hydrogen-bond acceptors (Lipinski definition) is 6. The number of ether oxygens (including phenoxy) is 1. The lowest BCUT2D eigenvalue weighted by Crippen LogP contribution is -2.35. The molecule has 130 valence electrons. The number of benzene rings is 1. The molecular formula is C19H17N5O2. The Morgan fingerprint density at radius 1 is 0.885 bits per heavy atom. The van der Waals surface area contributed by atoms with E-state index < -0.39 is 6.09 Å². The van der Waals surface area contributed by atoms with Gasteiger partial charge in [0.2, 0.25) is 0 Å². The summed E-state index contributed by atoms with van der Waals surface area (Å²) in [6, 6.07) is 12.2. The van der Waals surface area contributed by atoms with Gasteiger partial charge < -0.3 is 4.74 Å². The van der Waals surface area contributed by atoms with Gasteiger partial charge in [0.1, 0.15) is 17.6 Å². The topological polar surface area (TPSA) is 81.1 Å². The van der Waals surface area contributed by atoms with Crippen LogP contribution in [-0.2, 0) is 0 Å². The normalized spacial score (nSPS) is 19.3. The Kier molecular flexibility index (Phi) is 4.51. The van der Waals surface area contributed by atoms with Crippen LogP contribution in [0.15, 0.2) is 67.3 Å². The Bertz CT molecular complexity index is 861. The van der Waals surface area contributed by atoms with E-state index in [-0.39, 0.29) is 12.0 Å². The highest BCUT2D eigenvalue weighted by Crippen LogP contribution is 2.41. The molecule has 1 aliphatic heterocycles. The summed E-state index contributed by atoms with van der Waals surface area (Å²) < 4.78 is 5.52. The molecule has 0 N–H and O–H groups in total. The van der Waals surface area contributed by atoms with Gasteiger partial charge in [-0.3, -0.25) is 4.90 Å². The molecule has 4 rings (SSSR count). The van der Waals surface area contributed by atoms with Gasteiger partial charge in [0, 0.05) is 37.3 Å². The standard InChI is InChI=1S/C19H17N5O2/c25-19(26-14-6-2-1-3-7-14)24-13-8-15(17-20-9-4-10-21-17)16(24)18-22-11-5-12-23-18/h1-7,9-12,15-16H,8,13H2. The van der Waals surface area contributed by atoms with Crippen LogP contribution >= 0.6 is 0 Å². The molecule has 7 nitrogen and oxygen atoms in total. The third-order valence-corrected chi connectivity index (χ3v) is 4.35. The summed E-state index contributed by atoms with van der Waals surface area (Å²) >= 11 is 0. The van der Waals surface area contributed by atoms with Crippen LogP contribution in [0.25, 0.3) is 0 Å². The van der Waals surface area contributed by atoms with Crippen LogP contribution in [0.2, 0.25) is 0 Å². The third-order valence-electron chi connectivity index (χ3n) is 4.35. The van der Waals surface area contributed by atoms with Gasteiger partial charge in [0.05, 0.1) is 0 Å². The van der Waals surface area contributed by atoms with E-state index in [4.69, 9.17) is 4.74 Å². The number of carbonyl (C=O) groups is 1. The number of aromatic nitrogens is 4. The van der Waals surface area contributed by atoms with Gasteiger partial charge >= 0.3 is 6.09 Å². The fraction of sp³-hybridized carbons (Fsp3) is 0.211. The maximum absolute atomic E-state index is 12.8. The number of para-hydroxylation sites is 1. The molecule has 7 heteroatoms. The molecule has 0 radical (unpaired) electrons. The van der Waals surface area contributed by atoms with E-state index in [9.17, 15) is 4.79 Å². The molecule has 1 amide bonds. The number of rotatable bonds is 3. The lowest BCUT2D eigenvalue weighted by atomic mass is 9.98. The quantitative estimate of drug-likeness (QED) is 0.724. The molecule has 0 bridgehead atoms. The summed E-state index contributed by atoms with van der Waals surface area (Å²) in [4.78, 5) is 31.9. The van der Waals surface area contributed by atoms with Crippen molar-refractivity contribution in [2.45, 2.75) is 18.4 Å². The van der Waals surface area contributed by atoms with Crippen LogP contribution in [0.3, 0.4) is 0 Å². The Morgan fingerprint density at radius 2 is 1.50 bits per heavy atom. The number of amides is 1. The van der Waals surface area contributed by atoms with Gasteiger partial charge in [-0.05, 0) is 30.7 Å². The Balaban J connectivity index is 1.64. The lowest BCUT2D eigenvalue weighted by molar-refractivity contribution is 0.143. The van der Waals surface area contributed by atoms with Crippen molar-refractivity contribution in [3.63, 3.8) is 0 Å². The molecule has 2 aromatic heterocycles. The zero-order valence-electron chi connectivity index (χ0n) is 14.0. The second-order valence-electron chi connectivity index (χ2n) is 5.93. The molecule has 3 heterocycles. The summed E-state index contributed by atoms with van der Waals surface area (Å²) in [6.45, 7) is 0.525. The largest absolute Gasteiger partial charge is 0.415 e. The smallest absolute Gasteiger partial charge is 0.410 e. The highest BCUT2D eigenvalue weighted by molar-refractivity contribution is 5.71. The number of nitrogens with zero attached hydrogens (tertiary/aromatic N) is 5. The van der Waals surface area contributed by atoms with E-state index in [1.807, 2.05) is 18.2 Å². The first-order valence-corrected chi connectivity index (χ1v) is 8.40. The van der Waals surface area contributed by atoms with Crippen LogP contribution in [0.5, 0.6) is 5.75 Å². The first-order valence-electron chi connectivity index (χ1n) is 8.40. The Labute approximate surface area is 150 Å². The second-order valence-corrected chi connectivity index (χ2v) is 5.93. The van der Waals surface area contributed by atoms with Gasteiger partial charge in [0.25, 0.3) is 0 Å². The van der Waals surface area contributed by atoms with Crippen molar-refractivity contribution in [3.8, 4) is 5.75 Å². The zero-order valence-corrected chi connectivity index (χ0v) is 14.0. The van der Waals surface area contributed by atoms with E-state index in [1.54, 1.807) is 54.0 Å². The lowest BCUT2D eigenvalue weighted by Gasteiger charge is -2.25. The summed E-state index contributed by atoms with van der Waals surface area (Å²) in [5, 5.41) is 0. The maximum Gasteiger partial charge on any atom is 0.415 e. The summed E-state index contributed by atoms with van der Waals surface area (Å²) in [5.41, 5.74) is 0. The fourth-order valence-electron chi connectivity index (χ4n) is 3.20. The maximum atomic E-state index is 12.8. The van der Waals surface area contributed by atoms with Crippen molar-refractivity contribution < 1.29 is 9.53 Å². The fourth-order valence-corrected chi connectivity index (χ4v) is 3.20. The first-order chi connectivity index (χ1) is 12.8. The van der Waals surface area contributed by atoms with Gasteiger partial charge in [-0.15, -0.1) is 0 Å². The minimum atomic E-state index is -0.424. The van der Waals surface area contributed by atoms with E-state index in [0.29, 0.717) is 23.9 Å². The average Bonchev–Trinajstić information content (AvgIpc) is 3.15. The molecule has 0 saturated carbocycles. The van der Waals surface area contributed by atoms with Crippen molar-refractivity contribution in [3.05, 3.63) is 78.9 Å². The molecule has 26 heavy (non-hydrogen) atoms. The summed E-state index contributed by atoms with van der Waals surface area (Å²) in [5.74, 6) is 1.67. The minimum absolute atomic E-state index is 0.0816. The van der Waals surface area contributed by atoms with E-state index >= 15 is 0 Å².